The van der Waals surface area contributed by atoms with E-state index in [0.29, 0.717) is 19.3 Å². The molecular formula is C20H26FN3O2. The zero-order valence-corrected chi connectivity index (χ0v) is 15.0. The summed E-state index contributed by atoms with van der Waals surface area (Å²) in [5, 5.41) is 3.01. The quantitative estimate of drug-likeness (QED) is 0.820. The van der Waals surface area contributed by atoms with Gasteiger partial charge in [0.2, 0.25) is 0 Å². The van der Waals surface area contributed by atoms with E-state index in [1.165, 1.54) is 17.0 Å². The number of nitrogens with zero attached hydrogens (tertiary/aromatic N) is 2. The van der Waals surface area contributed by atoms with Crippen LogP contribution in [0.5, 0.6) is 0 Å². The van der Waals surface area contributed by atoms with Gasteiger partial charge in [-0.25, -0.2) is 14.1 Å². The van der Waals surface area contributed by atoms with Crippen molar-refractivity contribution in [3.05, 3.63) is 35.6 Å². The minimum absolute atomic E-state index is 0.0610. The standard InChI is InChI=1S/C20H26FN3O2/c21-16-7-5-15(6-8-16)13-23(17-9-10-17)14-24-18(25)20(22-19(24)26)11-3-1-2-4-12-20/h5-8,17H,1-4,9-14H2,(H,22,26). The smallest absolute Gasteiger partial charge is 0.323 e. The molecule has 0 aromatic heterocycles. The Balaban J connectivity index is 1.47. The van der Waals surface area contributed by atoms with E-state index < -0.39 is 5.54 Å². The van der Waals surface area contributed by atoms with E-state index in [4.69, 9.17) is 0 Å². The van der Waals surface area contributed by atoms with Gasteiger partial charge in [0.25, 0.3) is 5.91 Å². The lowest BCUT2D eigenvalue weighted by atomic mass is 9.90. The summed E-state index contributed by atoms with van der Waals surface area (Å²) in [7, 11) is 0. The number of benzene rings is 1. The van der Waals surface area contributed by atoms with Gasteiger partial charge >= 0.3 is 6.03 Å². The summed E-state index contributed by atoms with van der Waals surface area (Å²) in [5.74, 6) is -0.315. The molecule has 3 fully saturated rings. The molecule has 2 saturated carbocycles. The molecular weight excluding hydrogens is 333 g/mol. The van der Waals surface area contributed by atoms with Gasteiger partial charge in [-0.1, -0.05) is 37.8 Å². The number of urea groups is 1. The molecule has 1 spiro atoms. The minimum Gasteiger partial charge on any atom is -0.323 e. The van der Waals surface area contributed by atoms with Gasteiger partial charge in [-0.2, -0.15) is 0 Å². The molecule has 26 heavy (non-hydrogen) atoms. The van der Waals surface area contributed by atoms with Crippen LogP contribution in [0.15, 0.2) is 24.3 Å². The molecule has 3 aliphatic rings. The van der Waals surface area contributed by atoms with Crippen LogP contribution in [0, 0.1) is 5.82 Å². The molecule has 1 saturated heterocycles. The van der Waals surface area contributed by atoms with E-state index in [1.807, 2.05) is 0 Å². The van der Waals surface area contributed by atoms with Crippen LogP contribution in [0.25, 0.3) is 0 Å². The van der Waals surface area contributed by atoms with Crippen LogP contribution in [0.2, 0.25) is 0 Å². The molecule has 3 amide bonds. The Morgan fingerprint density at radius 1 is 1.08 bits per heavy atom. The Morgan fingerprint density at radius 2 is 1.73 bits per heavy atom. The van der Waals surface area contributed by atoms with Gasteiger partial charge in [-0.05, 0) is 43.4 Å². The van der Waals surface area contributed by atoms with Crippen LogP contribution in [0.3, 0.4) is 0 Å². The van der Waals surface area contributed by atoms with E-state index in [-0.39, 0.29) is 17.8 Å². The van der Waals surface area contributed by atoms with Crippen molar-refractivity contribution in [2.45, 2.75) is 69.5 Å². The van der Waals surface area contributed by atoms with Crippen LogP contribution in [-0.4, -0.2) is 40.0 Å². The molecule has 1 heterocycles. The summed E-state index contributed by atoms with van der Waals surface area (Å²) in [6.07, 6.45) is 7.88. The predicted octanol–water partition coefficient (Wildman–Crippen LogP) is 3.39. The molecule has 5 nitrogen and oxygen atoms in total. The average molecular weight is 359 g/mol. The Kier molecular flexibility index (Phi) is 4.69. The number of hydrogen-bond acceptors (Lipinski definition) is 3. The Morgan fingerprint density at radius 3 is 2.35 bits per heavy atom. The van der Waals surface area contributed by atoms with Crippen molar-refractivity contribution in [3.63, 3.8) is 0 Å². The second-order valence-electron chi connectivity index (χ2n) is 7.91. The maximum atomic E-state index is 13.1. The topological polar surface area (TPSA) is 52.7 Å². The molecule has 1 N–H and O–H groups in total. The van der Waals surface area contributed by atoms with Crippen LogP contribution in [-0.2, 0) is 11.3 Å². The first-order valence-corrected chi connectivity index (χ1v) is 9.70. The van der Waals surface area contributed by atoms with Gasteiger partial charge in [-0.3, -0.25) is 9.69 Å². The third-order valence-electron chi connectivity index (χ3n) is 5.89. The Bertz CT molecular complexity index is 679. The highest BCUT2D eigenvalue weighted by Gasteiger charge is 2.51. The van der Waals surface area contributed by atoms with Crippen molar-refractivity contribution in [2.75, 3.05) is 6.67 Å². The van der Waals surface area contributed by atoms with E-state index >= 15 is 0 Å². The van der Waals surface area contributed by atoms with Crippen molar-refractivity contribution in [3.8, 4) is 0 Å². The third kappa shape index (κ3) is 3.47. The Labute approximate surface area is 153 Å². The summed E-state index contributed by atoms with van der Waals surface area (Å²) in [4.78, 5) is 29.2. The number of hydrogen-bond donors (Lipinski definition) is 1. The zero-order chi connectivity index (χ0) is 18.1. The van der Waals surface area contributed by atoms with Crippen molar-refractivity contribution in [1.29, 1.82) is 0 Å². The number of nitrogens with one attached hydrogen (secondary N) is 1. The van der Waals surface area contributed by atoms with Gasteiger partial charge in [0, 0.05) is 12.6 Å². The van der Waals surface area contributed by atoms with E-state index in [2.05, 4.69) is 10.2 Å². The molecule has 0 unspecified atom stereocenters. The lowest BCUT2D eigenvalue weighted by Gasteiger charge is -2.28. The molecule has 140 valence electrons. The lowest BCUT2D eigenvalue weighted by molar-refractivity contribution is -0.133. The van der Waals surface area contributed by atoms with Gasteiger partial charge in [-0.15, -0.1) is 0 Å². The van der Waals surface area contributed by atoms with Crippen LogP contribution < -0.4 is 5.32 Å². The van der Waals surface area contributed by atoms with Gasteiger partial charge in [0.05, 0.1) is 6.67 Å². The molecule has 1 aliphatic heterocycles. The molecule has 2 aliphatic carbocycles. The van der Waals surface area contributed by atoms with E-state index in [9.17, 15) is 14.0 Å². The number of imide groups is 1. The molecule has 1 aromatic carbocycles. The summed E-state index contributed by atoms with van der Waals surface area (Å²) in [6.45, 7) is 0.934. The van der Waals surface area contributed by atoms with Crippen molar-refractivity contribution >= 4 is 11.9 Å². The molecule has 4 rings (SSSR count). The van der Waals surface area contributed by atoms with Crippen LogP contribution in [0.4, 0.5) is 9.18 Å². The lowest BCUT2D eigenvalue weighted by Crippen LogP contribution is -2.47. The van der Waals surface area contributed by atoms with Gasteiger partial charge in [0.1, 0.15) is 11.4 Å². The third-order valence-corrected chi connectivity index (χ3v) is 5.89. The summed E-state index contributed by atoms with van der Waals surface area (Å²) < 4.78 is 13.1. The number of carbonyl (C=O) groups excluding carboxylic acids is 2. The molecule has 0 bridgehead atoms. The van der Waals surface area contributed by atoms with Crippen molar-refractivity contribution < 1.29 is 14.0 Å². The second-order valence-corrected chi connectivity index (χ2v) is 7.91. The average Bonchev–Trinajstić information content (AvgIpc) is 3.44. The van der Waals surface area contributed by atoms with Gasteiger partial charge < -0.3 is 5.32 Å². The SMILES string of the molecule is O=C1NC2(CCCCCC2)C(=O)N1CN(Cc1ccc(F)cc1)C1CC1. The van der Waals surface area contributed by atoms with Crippen molar-refractivity contribution in [1.82, 2.24) is 15.1 Å². The monoisotopic (exact) mass is 359 g/mol. The first kappa shape index (κ1) is 17.5. The van der Waals surface area contributed by atoms with E-state index in [0.717, 1.165) is 56.9 Å². The second kappa shape index (κ2) is 6.99. The highest BCUT2D eigenvalue weighted by molar-refractivity contribution is 6.07. The molecule has 0 radical (unpaired) electrons. The van der Waals surface area contributed by atoms with Crippen LogP contribution >= 0.6 is 0 Å². The fourth-order valence-electron chi connectivity index (χ4n) is 4.22. The first-order chi connectivity index (χ1) is 12.6. The van der Waals surface area contributed by atoms with Gasteiger partial charge in [0.15, 0.2) is 0 Å². The molecule has 1 aromatic rings. The van der Waals surface area contributed by atoms with E-state index in [1.54, 1.807) is 12.1 Å². The Hall–Kier alpha value is -1.95. The number of amides is 3. The fourth-order valence-corrected chi connectivity index (χ4v) is 4.22. The van der Waals surface area contributed by atoms with Crippen molar-refractivity contribution in [2.24, 2.45) is 0 Å². The minimum atomic E-state index is -0.682. The normalized spacial score (nSPS) is 22.8. The maximum absolute atomic E-state index is 13.1. The number of carbonyl (C=O) groups is 2. The number of halogens is 1. The molecule has 0 atom stereocenters. The summed E-state index contributed by atoms with van der Waals surface area (Å²) in [5.41, 5.74) is 0.313. The van der Waals surface area contributed by atoms with Crippen LogP contribution in [0.1, 0.15) is 56.9 Å². The molecule has 6 heteroatoms. The zero-order valence-electron chi connectivity index (χ0n) is 15.0. The maximum Gasteiger partial charge on any atom is 0.326 e. The summed E-state index contributed by atoms with van der Waals surface area (Å²) in [6, 6.07) is 6.57. The fraction of sp³-hybridized carbons (Fsp3) is 0.600. The number of rotatable bonds is 5. The highest BCUT2D eigenvalue weighted by atomic mass is 19.1. The highest BCUT2D eigenvalue weighted by Crippen LogP contribution is 2.34. The first-order valence-electron chi connectivity index (χ1n) is 9.70. The summed E-state index contributed by atoms with van der Waals surface area (Å²) >= 11 is 0. The predicted molar refractivity (Wildman–Crippen MR) is 95.6 cm³/mol. The largest absolute Gasteiger partial charge is 0.326 e.